The number of benzene rings is 1. The molecule has 0 bridgehead atoms. The Morgan fingerprint density at radius 3 is 2.71 bits per heavy atom. The summed E-state index contributed by atoms with van der Waals surface area (Å²) in [5.41, 5.74) is 2.00. The maximum Gasteiger partial charge on any atom is 0.144 e. The van der Waals surface area contributed by atoms with Gasteiger partial charge < -0.3 is 0 Å². The van der Waals surface area contributed by atoms with E-state index in [4.69, 9.17) is 23.2 Å². The molecule has 1 aromatic carbocycles. The van der Waals surface area contributed by atoms with E-state index in [1.807, 2.05) is 47.1 Å². The number of aromatic nitrogens is 2. The van der Waals surface area contributed by atoms with Crippen LogP contribution in [0, 0.1) is 0 Å². The van der Waals surface area contributed by atoms with Gasteiger partial charge in [-0.25, -0.2) is 4.98 Å². The summed E-state index contributed by atoms with van der Waals surface area (Å²) in [6.45, 7) is 0. The summed E-state index contributed by atoms with van der Waals surface area (Å²) in [6, 6.07) is 11.5. The number of pyridine rings is 1. The molecule has 0 saturated heterocycles. The molecule has 0 aliphatic heterocycles. The molecule has 3 rings (SSSR count). The second kappa shape index (κ2) is 4.06. The van der Waals surface area contributed by atoms with Crippen LogP contribution in [0.2, 0.25) is 10.0 Å². The molecular weight excluding hydrogens is 255 g/mol. The molecule has 0 spiro atoms. The lowest BCUT2D eigenvalue weighted by Crippen LogP contribution is -1.88. The lowest BCUT2D eigenvalue weighted by atomic mass is 10.2. The first-order valence-corrected chi connectivity index (χ1v) is 5.89. The normalized spacial score (nSPS) is 10.9. The van der Waals surface area contributed by atoms with Crippen molar-refractivity contribution in [2.45, 2.75) is 0 Å². The van der Waals surface area contributed by atoms with Gasteiger partial charge in [0.15, 0.2) is 0 Å². The van der Waals surface area contributed by atoms with E-state index in [1.165, 1.54) is 0 Å². The van der Waals surface area contributed by atoms with E-state index in [9.17, 15) is 0 Å². The number of hydrogen-bond acceptors (Lipinski definition) is 1. The van der Waals surface area contributed by atoms with Crippen molar-refractivity contribution in [1.29, 1.82) is 0 Å². The number of rotatable bonds is 1. The molecule has 0 atom stereocenters. The Morgan fingerprint density at radius 1 is 1.00 bits per heavy atom. The number of imidazole rings is 1. The fraction of sp³-hybridized carbons (Fsp3) is 0. The van der Waals surface area contributed by atoms with E-state index >= 15 is 0 Å². The third-order valence-electron chi connectivity index (χ3n) is 2.62. The second-order valence-corrected chi connectivity index (χ2v) is 4.52. The smallest absolute Gasteiger partial charge is 0.144 e. The predicted molar refractivity (Wildman–Crippen MR) is 70.6 cm³/mol. The monoisotopic (exact) mass is 262 g/mol. The minimum absolute atomic E-state index is 0.539. The number of nitrogens with zero attached hydrogens (tertiary/aromatic N) is 2. The lowest BCUT2D eigenvalue weighted by Gasteiger charge is -2.02. The maximum absolute atomic E-state index is 6.01. The maximum atomic E-state index is 6.01. The number of hydrogen-bond donors (Lipinski definition) is 0. The zero-order valence-electron chi connectivity index (χ0n) is 8.77. The second-order valence-electron chi connectivity index (χ2n) is 3.71. The van der Waals surface area contributed by atoms with Gasteiger partial charge in [-0.15, -0.1) is 0 Å². The van der Waals surface area contributed by atoms with E-state index in [-0.39, 0.29) is 0 Å². The van der Waals surface area contributed by atoms with Gasteiger partial charge in [0.2, 0.25) is 0 Å². The zero-order valence-corrected chi connectivity index (χ0v) is 10.3. The Morgan fingerprint density at radius 2 is 1.88 bits per heavy atom. The molecule has 0 amide bonds. The van der Waals surface area contributed by atoms with E-state index in [0.717, 1.165) is 16.9 Å². The fourth-order valence-corrected chi connectivity index (χ4v) is 2.09. The van der Waals surface area contributed by atoms with Crippen molar-refractivity contribution in [1.82, 2.24) is 9.38 Å². The molecule has 0 N–H and O–H groups in total. The average Bonchev–Trinajstić information content (AvgIpc) is 2.76. The van der Waals surface area contributed by atoms with Crippen LogP contribution in [0.25, 0.3) is 16.9 Å². The highest BCUT2D eigenvalue weighted by atomic mass is 35.5. The molecule has 84 valence electrons. The molecule has 2 heterocycles. The van der Waals surface area contributed by atoms with Crippen molar-refractivity contribution < 1.29 is 0 Å². The molecule has 0 aliphatic carbocycles. The minimum atomic E-state index is 0.539. The van der Waals surface area contributed by atoms with Crippen LogP contribution in [-0.4, -0.2) is 9.38 Å². The van der Waals surface area contributed by atoms with Gasteiger partial charge in [-0.3, -0.25) is 4.40 Å². The predicted octanol–water partition coefficient (Wildman–Crippen LogP) is 4.31. The first-order valence-electron chi connectivity index (χ1n) is 5.13. The Hall–Kier alpha value is -1.51. The number of halogens is 2. The Kier molecular flexibility index (Phi) is 2.54. The van der Waals surface area contributed by atoms with Gasteiger partial charge in [0.1, 0.15) is 5.82 Å². The van der Waals surface area contributed by atoms with Crippen LogP contribution in [0.5, 0.6) is 0 Å². The highest BCUT2D eigenvalue weighted by Crippen LogP contribution is 2.28. The van der Waals surface area contributed by atoms with Gasteiger partial charge in [0.05, 0.1) is 21.8 Å². The molecule has 0 radical (unpaired) electrons. The van der Waals surface area contributed by atoms with Crippen molar-refractivity contribution in [3.05, 3.63) is 58.8 Å². The first kappa shape index (κ1) is 10.6. The molecule has 0 fully saturated rings. The molecule has 0 saturated carbocycles. The SMILES string of the molecule is Clc1ccc(-c2ncc3ccccn23)cc1Cl. The summed E-state index contributed by atoms with van der Waals surface area (Å²) < 4.78 is 2.01. The lowest BCUT2D eigenvalue weighted by molar-refractivity contribution is 1.16. The van der Waals surface area contributed by atoms with Gasteiger partial charge in [-0.2, -0.15) is 0 Å². The van der Waals surface area contributed by atoms with Crippen LogP contribution in [0.3, 0.4) is 0 Å². The van der Waals surface area contributed by atoms with Gasteiger partial charge in [-0.05, 0) is 30.3 Å². The van der Waals surface area contributed by atoms with Crippen LogP contribution in [-0.2, 0) is 0 Å². The minimum Gasteiger partial charge on any atom is -0.300 e. The standard InChI is InChI=1S/C13H8Cl2N2/c14-11-5-4-9(7-12(11)15)13-16-8-10-3-1-2-6-17(10)13/h1-8H. The van der Waals surface area contributed by atoms with Crippen molar-refractivity contribution in [2.75, 3.05) is 0 Å². The Balaban J connectivity index is 2.24. The molecule has 4 heteroatoms. The van der Waals surface area contributed by atoms with E-state index < -0.39 is 0 Å². The van der Waals surface area contributed by atoms with E-state index in [1.54, 1.807) is 6.07 Å². The third kappa shape index (κ3) is 1.79. The van der Waals surface area contributed by atoms with Crippen LogP contribution < -0.4 is 0 Å². The van der Waals surface area contributed by atoms with Gasteiger partial charge in [-0.1, -0.05) is 29.3 Å². The largest absolute Gasteiger partial charge is 0.300 e. The number of fused-ring (bicyclic) bond motifs is 1. The van der Waals surface area contributed by atoms with Crippen molar-refractivity contribution in [3.63, 3.8) is 0 Å². The van der Waals surface area contributed by atoms with Crippen LogP contribution in [0.4, 0.5) is 0 Å². The molecule has 2 aromatic heterocycles. The third-order valence-corrected chi connectivity index (χ3v) is 3.36. The highest BCUT2D eigenvalue weighted by Gasteiger charge is 2.07. The molecule has 0 unspecified atom stereocenters. The Bertz CT molecular complexity index is 689. The summed E-state index contributed by atoms with van der Waals surface area (Å²) in [6.07, 6.45) is 3.80. The van der Waals surface area contributed by atoms with Crippen LogP contribution in [0.15, 0.2) is 48.8 Å². The topological polar surface area (TPSA) is 17.3 Å². The first-order chi connectivity index (χ1) is 8.25. The van der Waals surface area contributed by atoms with E-state index in [0.29, 0.717) is 10.0 Å². The summed E-state index contributed by atoms with van der Waals surface area (Å²) in [4.78, 5) is 4.40. The summed E-state index contributed by atoms with van der Waals surface area (Å²) in [5.74, 6) is 0.860. The van der Waals surface area contributed by atoms with Gasteiger partial charge in [0.25, 0.3) is 0 Å². The van der Waals surface area contributed by atoms with Crippen molar-refractivity contribution in [3.8, 4) is 11.4 Å². The van der Waals surface area contributed by atoms with Crippen LogP contribution >= 0.6 is 23.2 Å². The average molecular weight is 263 g/mol. The fourth-order valence-electron chi connectivity index (χ4n) is 1.79. The Labute approximate surface area is 108 Å². The molecular formula is C13H8Cl2N2. The van der Waals surface area contributed by atoms with Crippen molar-refractivity contribution >= 4 is 28.7 Å². The molecule has 0 aliphatic rings. The highest BCUT2D eigenvalue weighted by molar-refractivity contribution is 6.42. The van der Waals surface area contributed by atoms with Crippen LogP contribution in [0.1, 0.15) is 0 Å². The molecule has 3 aromatic rings. The zero-order chi connectivity index (χ0) is 11.8. The molecule has 17 heavy (non-hydrogen) atoms. The summed E-state index contributed by atoms with van der Waals surface area (Å²) >= 11 is 11.9. The summed E-state index contributed by atoms with van der Waals surface area (Å²) in [5, 5.41) is 1.09. The summed E-state index contributed by atoms with van der Waals surface area (Å²) in [7, 11) is 0. The quantitative estimate of drug-likeness (QED) is 0.639. The van der Waals surface area contributed by atoms with Crippen molar-refractivity contribution in [2.24, 2.45) is 0 Å². The molecule has 2 nitrogen and oxygen atoms in total. The van der Waals surface area contributed by atoms with E-state index in [2.05, 4.69) is 4.98 Å². The van der Waals surface area contributed by atoms with Gasteiger partial charge >= 0.3 is 0 Å². The van der Waals surface area contributed by atoms with Gasteiger partial charge in [0, 0.05) is 11.8 Å².